The molecule has 56 valence electrons. The highest BCUT2D eigenvalue weighted by Crippen LogP contribution is 1.97. The van der Waals surface area contributed by atoms with Crippen LogP contribution < -0.4 is 5.73 Å². The maximum atomic E-state index is 5.30. The number of anilines is 1. The zero-order valence-corrected chi connectivity index (χ0v) is 5.47. The minimum atomic E-state index is 0.272. The van der Waals surface area contributed by atoms with Crippen molar-refractivity contribution in [3.05, 3.63) is 12.7 Å². The lowest BCUT2D eigenvalue weighted by Crippen LogP contribution is -1.92. The van der Waals surface area contributed by atoms with Crippen molar-refractivity contribution < 1.29 is 0 Å². The van der Waals surface area contributed by atoms with Crippen molar-refractivity contribution in [3.63, 3.8) is 0 Å². The summed E-state index contributed by atoms with van der Waals surface area (Å²) in [5, 5.41) is 13.4. The number of nitrogens with two attached hydrogens (primary N) is 1. The first kappa shape index (κ1) is 5.83. The Bertz CT molecular complexity index is 333. The number of hydrogen-bond acceptors (Lipinski definition) is 5. The Morgan fingerprint density at radius 2 is 2.09 bits per heavy atom. The van der Waals surface area contributed by atoms with Gasteiger partial charge in [-0.15, -0.1) is 15.3 Å². The Labute approximate surface area is 61.3 Å². The summed E-state index contributed by atoms with van der Waals surface area (Å²) in [6, 6.07) is 0. The second kappa shape index (κ2) is 2.04. The van der Waals surface area contributed by atoms with Gasteiger partial charge in [-0.25, -0.2) is 5.10 Å². The van der Waals surface area contributed by atoms with Gasteiger partial charge in [0.2, 0.25) is 5.95 Å². The largest absolute Gasteiger partial charge is 0.368 e. The van der Waals surface area contributed by atoms with E-state index in [2.05, 4.69) is 25.4 Å². The Balaban J connectivity index is 2.45. The molecule has 2 aromatic heterocycles. The van der Waals surface area contributed by atoms with Gasteiger partial charge in [-0.05, 0) is 0 Å². The van der Waals surface area contributed by atoms with Gasteiger partial charge in [0.15, 0.2) is 0 Å². The summed E-state index contributed by atoms with van der Waals surface area (Å²) in [4.78, 5) is 3.85. The molecule has 11 heavy (non-hydrogen) atoms. The van der Waals surface area contributed by atoms with E-state index in [-0.39, 0.29) is 5.95 Å². The lowest BCUT2D eigenvalue weighted by Gasteiger charge is -1.87. The highest BCUT2D eigenvalue weighted by atomic mass is 15.4. The Morgan fingerprint density at radius 3 is 2.64 bits per heavy atom. The third-order valence-corrected chi connectivity index (χ3v) is 1.14. The second-order valence-electron chi connectivity index (χ2n) is 1.89. The number of nitrogen functional groups attached to an aromatic ring is 1. The topological polar surface area (TPSA) is 98.3 Å². The summed E-state index contributed by atoms with van der Waals surface area (Å²) in [6.45, 7) is 0. The summed E-state index contributed by atoms with van der Waals surface area (Å²) in [6.07, 6.45) is 2.98. The third-order valence-electron chi connectivity index (χ3n) is 1.14. The van der Waals surface area contributed by atoms with Crippen LogP contribution in [0.25, 0.3) is 5.95 Å². The molecule has 3 N–H and O–H groups in total. The van der Waals surface area contributed by atoms with Crippen molar-refractivity contribution in [1.29, 1.82) is 0 Å². The monoisotopic (exact) mass is 151 g/mol. The quantitative estimate of drug-likeness (QED) is 0.542. The summed E-state index contributed by atoms with van der Waals surface area (Å²) in [5.41, 5.74) is 5.30. The van der Waals surface area contributed by atoms with Gasteiger partial charge in [0.25, 0.3) is 5.95 Å². The Hall–Kier alpha value is -1.92. The average Bonchev–Trinajstić information content (AvgIpc) is 2.55. The third kappa shape index (κ3) is 0.914. The first-order chi connectivity index (χ1) is 5.36. The van der Waals surface area contributed by atoms with E-state index in [1.807, 2.05) is 0 Å². The van der Waals surface area contributed by atoms with Crippen LogP contribution in [0.5, 0.6) is 0 Å². The molecule has 0 aliphatic carbocycles. The van der Waals surface area contributed by atoms with Crippen molar-refractivity contribution >= 4 is 5.95 Å². The van der Waals surface area contributed by atoms with Crippen molar-refractivity contribution in [2.75, 3.05) is 5.73 Å². The van der Waals surface area contributed by atoms with E-state index in [0.29, 0.717) is 5.95 Å². The Morgan fingerprint density at radius 1 is 1.36 bits per heavy atom. The number of aromatic amines is 1. The number of nitrogens with zero attached hydrogens (tertiary/aromatic N) is 5. The lowest BCUT2D eigenvalue weighted by atomic mass is 10.9. The molecule has 7 heteroatoms. The fourth-order valence-corrected chi connectivity index (χ4v) is 0.684. The number of hydrogen-bond donors (Lipinski definition) is 2. The van der Waals surface area contributed by atoms with Crippen molar-refractivity contribution in [1.82, 2.24) is 29.9 Å². The highest BCUT2D eigenvalue weighted by molar-refractivity contribution is 5.20. The van der Waals surface area contributed by atoms with Gasteiger partial charge < -0.3 is 5.73 Å². The molecule has 2 rings (SSSR count). The molecule has 2 heterocycles. The molecule has 0 saturated heterocycles. The zero-order valence-electron chi connectivity index (χ0n) is 5.47. The van der Waals surface area contributed by atoms with Gasteiger partial charge in [0, 0.05) is 0 Å². The van der Waals surface area contributed by atoms with E-state index in [0.717, 1.165) is 0 Å². The van der Waals surface area contributed by atoms with E-state index >= 15 is 0 Å². The van der Waals surface area contributed by atoms with Crippen LogP contribution in [-0.4, -0.2) is 29.9 Å². The fraction of sp³-hybridized carbons (Fsp3) is 0. The van der Waals surface area contributed by atoms with E-state index in [1.54, 1.807) is 4.57 Å². The van der Waals surface area contributed by atoms with Crippen LogP contribution in [0.4, 0.5) is 5.95 Å². The summed E-state index contributed by atoms with van der Waals surface area (Å²) in [7, 11) is 0. The summed E-state index contributed by atoms with van der Waals surface area (Å²) >= 11 is 0. The van der Waals surface area contributed by atoms with Gasteiger partial charge in [-0.1, -0.05) is 0 Å². The molecule has 0 unspecified atom stereocenters. The molecule has 0 aliphatic rings. The molecule has 0 saturated carbocycles. The molecule has 0 bridgehead atoms. The molecule has 0 amide bonds. The maximum absolute atomic E-state index is 5.30. The Kier molecular flexibility index (Phi) is 1.08. The molecule has 0 spiro atoms. The SMILES string of the molecule is Nc1nc(-n2cnnc2)n[nH]1. The molecule has 0 aromatic carbocycles. The number of rotatable bonds is 1. The molecule has 7 nitrogen and oxygen atoms in total. The van der Waals surface area contributed by atoms with Crippen LogP contribution in [0.1, 0.15) is 0 Å². The molecule has 0 fully saturated rings. The number of H-pyrrole nitrogens is 1. The normalized spacial score (nSPS) is 10.2. The van der Waals surface area contributed by atoms with E-state index < -0.39 is 0 Å². The fourth-order valence-electron chi connectivity index (χ4n) is 0.684. The number of aromatic nitrogens is 6. The number of nitrogens with one attached hydrogen (secondary N) is 1. The van der Waals surface area contributed by atoms with Gasteiger partial charge in [0.1, 0.15) is 12.7 Å². The van der Waals surface area contributed by atoms with Crippen molar-refractivity contribution in [2.45, 2.75) is 0 Å². The van der Waals surface area contributed by atoms with Gasteiger partial charge in [0.05, 0.1) is 0 Å². The summed E-state index contributed by atoms with van der Waals surface area (Å²) < 4.78 is 1.55. The average molecular weight is 151 g/mol. The molecular weight excluding hydrogens is 146 g/mol. The predicted molar refractivity (Wildman–Crippen MR) is 35.7 cm³/mol. The van der Waals surface area contributed by atoms with Crippen LogP contribution in [0.15, 0.2) is 12.7 Å². The second-order valence-corrected chi connectivity index (χ2v) is 1.89. The van der Waals surface area contributed by atoms with Crippen LogP contribution in [0.3, 0.4) is 0 Å². The molecule has 0 atom stereocenters. The van der Waals surface area contributed by atoms with E-state index in [9.17, 15) is 0 Å². The molecule has 2 aromatic rings. The standard InChI is InChI=1S/C4H5N7/c5-3-8-4(10-9-3)11-1-6-7-2-11/h1-2H,(H3,5,8,9,10). The summed E-state index contributed by atoms with van der Waals surface area (Å²) in [5.74, 6) is 0.709. The van der Waals surface area contributed by atoms with E-state index in [4.69, 9.17) is 5.73 Å². The van der Waals surface area contributed by atoms with Crippen LogP contribution >= 0.6 is 0 Å². The van der Waals surface area contributed by atoms with Gasteiger partial charge >= 0.3 is 0 Å². The lowest BCUT2D eigenvalue weighted by molar-refractivity contribution is 0.929. The van der Waals surface area contributed by atoms with Crippen molar-refractivity contribution in [2.24, 2.45) is 0 Å². The maximum Gasteiger partial charge on any atom is 0.257 e. The molecular formula is C4H5N7. The first-order valence-electron chi connectivity index (χ1n) is 2.89. The van der Waals surface area contributed by atoms with E-state index in [1.165, 1.54) is 12.7 Å². The smallest absolute Gasteiger partial charge is 0.257 e. The molecule has 0 aliphatic heterocycles. The van der Waals surface area contributed by atoms with Crippen LogP contribution in [0.2, 0.25) is 0 Å². The van der Waals surface area contributed by atoms with Gasteiger partial charge in [-0.2, -0.15) is 4.98 Å². The zero-order chi connectivity index (χ0) is 7.68. The van der Waals surface area contributed by atoms with Crippen LogP contribution in [0, 0.1) is 0 Å². The van der Waals surface area contributed by atoms with Gasteiger partial charge in [-0.3, -0.25) is 4.57 Å². The predicted octanol–water partition coefficient (Wildman–Crippen LogP) is -1.03. The van der Waals surface area contributed by atoms with Crippen LogP contribution in [-0.2, 0) is 0 Å². The minimum Gasteiger partial charge on any atom is -0.368 e. The minimum absolute atomic E-state index is 0.272. The molecule has 0 radical (unpaired) electrons. The highest BCUT2D eigenvalue weighted by Gasteiger charge is 2.00. The first-order valence-corrected chi connectivity index (χ1v) is 2.89. The van der Waals surface area contributed by atoms with Crippen molar-refractivity contribution in [3.8, 4) is 5.95 Å².